The van der Waals surface area contributed by atoms with E-state index in [1.807, 2.05) is 36.1 Å². The van der Waals surface area contributed by atoms with Crippen LogP contribution in [0.4, 0.5) is 0 Å². The van der Waals surface area contributed by atoms with Gasteiger partial charge in [-0.3, -0.25) is 4.79 Å². The number of likely N-dealkylation sites (tertiary alicyclic amines) is 1. The minimum atomic E-state index is -0.0727. The molecule has 5 heteroatoms. The molecule has 1 fully saturated rings. The highest BCUT2D eigenvalue weighted by Gasteiger charge is 2.26. The summed E-state index contributed by atoms with van der Waals surface area (Å²) in [7, 11) is 0. The number of rotatable bonds is 3. The van der Waals surface area contributed by atoms with Crippen LogP contribution in [-0.2, 0) is 0 Å². The number of amides is 1. The Balaban J connectivity index is 1.40. The van der Waals surface area contributed by atoms with Crippen molar-refractivity contribution < 1.29 is 13.9 Å². The van der Waals surface area contributed by atoms with Gasteiger partial charge in [0.15, 0.2) is 5.76 Å². The second kappa shape index (κ2) is 7.40. The number of hydrogen-bond donors (Lipinski definition) is 0. The Morgan fingerprint density at radius 1 is 1.14 bits per heavy atom. The molecule has 0 saturated carbocycles. The Morgan fingerprint density at radius 3 is 2.64 bits per heavy atom. The van der Waals surface area contributed by atoms with Crippen molar-refractivity contribution in [2.75, 3.05) is 13.1 Å². The van der Waals surface area contributed by atoms with Crippen molar-refractivity contribution in [3.8, 4) is 11.8 Å². The molecule has 1 saturated heterocycles. The van der Waals surface area contributed by atoms with Gasteiger partial charge in [0, 0.05) is 31.3 Å². The summed E-state index contributed by atoms with van der Waals surface area (Å²) in [4.78, 5) is 14.7. The third kappa shape index (κ3) is 3.59. The summed E-state index contributed by atoms with van der Waals surface area (Å²) in [5, 5.41) is 9.96. The standard InChI is InChI=1S/C23H22N2O3/c1-15-10-18-13-22(28-21(18)11-16(15)2)23(26)25-8-6-19(7-9-25)27-20-5-3-4-17(12-20)14-24/h3-5,10-13,19H,6-9H2,1-2H3. The molecule has 0 N–H and O–H groups in total. The lowest BCUT2D eigenvalue weighted by Gasteiger charge is -2.31. The third-order valence-corrected chi connectivity index (χ3v) is 5.34. The normalized spacial score (nSPS) is 14.8. The monoisotopic (exact) mass is 374 g/mol. The molecule has 0 atom stereocenters. The van der Waals surface area contributed by atoms with Gasteiger partial charge >= 0.3 is 0 Å². The van der Waals surface area contributed by atoms with Crippen molar-refractivity contribution in [2.24, 2.45) is 0 Å². The van der Waals surface area contributed by atoms with E-state index in [-0.39, 0.29) is 12.0 Å². The van der Waals surface area contributed by atoms with Crippen LogP contribution in [0, 0.1) is 25.2 Å². The van der Waals surface area contributed by atoms with Gasteiger partial charge in [0.2, 0.25) is 0 Å². The number of hydrogen-bond acceptors (Lipinski definition) is 4. The number of aryl methyl sites for hydroxylation is 2. The first-order valence-corrected chi connectivity index (χ1v) is 9.50. The molecule has 1 aliphatic heterocycles. The van der Waals surface area contributed by atoms with E-state index in [4.69, 9.17) is 14.4 Å². The number of nitriles is 1. The van der Waals surface area contributed by atoms with Crippen molar-refractivity contribution in [1.82, 2.24) is 4.90 Å². The molecule has 3 aromatic rings. The second-order valence-electron chi connectivity index (χ2n) is 7.33. The number of ether oxygens (including phenoxy) is 1. The first kappa shape index (κ1) is 18.1. The zero-order valence-electron chi connectivity index (χ0n) is 16.1. The fourth-order valence-corrected chi connectivity index (χ4v) is 3.57. The molecule has 4 rings (SSSR count). The van der Waals surface area contributed by atoms with Crippen molar-refractivity contribution in [2.45, 2.75) is 32.8 Å². The van der Waals surface area contributed by atoms with E-state index >= 15 is 0 Å². The molecule has 142 valence electrons. The average Bonchev–Trinajstić information content (AvgIpc) is 3.11. The molecule has 0 bridgehead atoms. The number of carbonyl (C=O) groups is 1. The maximum absolute atomic E-state index is 12.8. The molecule has 2 heterocycles. The van der Waals surface area contributed by atoms with Gasteiger partial charge in [-0.2, -0.15) is 5.26 Å². The molecule has 0 unspecified atom stereocenters. The van der Waals surface area contributed by atoms with E-state index in [1.165, 1.54) is 5.56 Å². The van der Waals surface area contributed by atoms with Crippen LogP contribution in [-0.4, -0.2) is 30.0 Å². The van der Waals surface area contributed by atoms with Crippen molar-refractivity contribution in [3.05, 3.63) is 64.9 Å². The fourth-order valence-electron chi connectivity index (χ4n) is 3.57. The van der Waals surface area contributed by atoms with Crippen LogP contribution in [0.1, 0.15) is 40.1 Å². The largest absolute Gasteiger partial charge is 0.490 e. The highest BCUT2D eigenvalue weighted by atomic mass is 16.5. The SMILES string of the molecule is Cc1cc2cc(C(=O)N3CCC(Oc4cccc(C#N)c4)CC3)oc2cc1C. The number of carbonyl (C=O) groups excluding carboxylic acids is 1. The Morgan fingerprint density at radius 2 is 1.89 bits per heavy atom. The third-order valence-electron chi connectivity index (χ3n) is 5.34. The van der Waals surface area contributed by atoms with Gasteiger partial charge in [-0.25, -0.2) is 0 Å². The minimum absolute atomic E-state index is 0.0407. The fraction of sp³-hybridized carbons (Fsp3) is 0.304. The van der Waals surface area contributed by atoms with E-state index in [0.29, 0.717) is 30.2 Å². The summed E-state index contributed by atoms with van der Waals surface area (Å²) in [5.41, 5.74) is 3.67. The van der Waals surface area contributed by atoms with Gasteiger partial charge in [0.25, 0.3) is 5.91 Å². The molecular weight excluding hydrogens is 352 g/mol. The molecular formula is C23H22N2O3. The molecule has 1 amide bonds. The number of piperidine rings is 1. The summed E-state index contributed by atoms with van der Waals surface area (Å²) >= 11 is 0. The van der Waals surface area contributed by atoms with Gasteiger partial charge in [-0.1, -0.05) is 6.07 Å². The maximum atomic E-state index is 12.8. The van der Waals surface area contributed by atoms with Crippen LogP contribution < -0.4 is 4.74 Å². The molecule has 1 aromatic heterocycles. The lowest BCUT2D eigenvalue weighted by atomic mass is 10.1. The highest BCUT2D eigenvalue weighted by Crippen LogP contribution is 2.26. The number of furan rings is 1. The zero-order chi connectivity index (χ0) is 19.7. The van der Waals surface area contributed by atoms with E-state index in [0.717, 1.165) is 29.4 Å². The summed E-state index contributed by atoms with van der Waals surface area (Å²) in [5.74, 6) is 1.02. The van der Waals surface area contributed by atoms with Gasteiger partial charge in [0.1, 0.15) is 17.4 Å². The van der Waals surface area contributed by atoms with Crippen LogP contribution in [0.5, 0.6) is 5.75 Å². The van der Waals surface area contributed by atoms with E-state index in [2.05, 4.69) is 19.1 Å². The molecule has 2 aromatic carbocycles. The quantitative estimate of drug-likeness (QED) is 0.672. The van der Waals surface area contributed by atoms with Crippen LogP contribution in [0.2, 0.25) is 0 Å². The maximum Gasteiger partial charge on any atom is 0.289 e. The van der Waals surface area contributed by atoms with Crippen molar-refractivity contribution in [1.29, 1.82) is 5.26 Å². The van der Waals surface area contributed by atoms with Crippen LogP contribution in [0.25, 0.3) is 11.0 Å². The highest BCUT2D eigenvalue weighted by molar-refractivity contribution is 5.96. The van der Waals surface area contributed by atoms with Crippen LogP contribution in [0.3, 0.4) is 0 Å². The summed E-state index contributed by atoms with van der Waals surface area (Å²) < 4.78 is 11.8. The first-order valence-electron chi connectivity index (χ1n) is 9.50. The van der Waals surface area contributed by atoms with Crippen molar-refractivity contribution in [3.63, 3.8) is 0 Å². The Bertz CT molecular complexity index is 1030. The average molecular weight is 374 g/mol. The molecule has 5 nitrogen and oxygen atoms in total. The van der Waals surface area contributed by atoms with E-state index < -0.39 is 0 Å². The topological polar surface area (TPSA) is 66.5 Å². The van der Waals surface area contributed by atoms with Crippen LogP contribution >= 0.6 is 0 Å². The summed E-state index contributed by atoms with van der Waals surface area (Å²) in [6.07, 6.45) is 1.54. The molecule has 0 aliphatic carbocycles. The number of nitrogens with zero attached hydrogens (tertiary/aromatic N) is 2. The second-order valence-corrected chi connectivity index (χ2v) is 7.33. The zero-order valence-corrected chi connectivity index (χ0v) is 16.1. The first-order chi connectivity index (χ1) is 13.5. The van der Waals surface area contributed by atoms with E-state index in [1.54, 1.807) is 12.1 Å². The predicted molar refractivity (Wildman–Crippen MR) is 106 cm³/mol. The number of fused-ring (bicyclic) bond motifs is 1. The van der Waals surface area contributed by atoms with Crippen LogP contribution in [0.15, 0.2) is 46.9 Å². The minimum Gasteiger partial charge on any atom is -0.490 e. The Kier molecular flexibility index (Phi) is 4.79. The van der Waals surface area contributed by atoms with Crippen molar-refractivity contribution >= 4 is 16.9 Å². The lowest BCUT2D eigenvalue weighted by molar-refractivity contribution is 0.0569. The molecule has 0 radical (unpaired) electrons. The smallest absolute Gasteiger partial charge is 0.289 e. The van der Waals surface area contributed by atoms with Gasteiger partial charge in [-0.15, -0.1) is 0 Å². The van der Waals surface area contributed by atoms with Gasteiger partial charge < -0.3 is 14.1 Å². The Hall–Kier alpha value is -3.26. The predicted octanol–water partition coefficient (Wildman–Crippen LogP) is 4.60. The Labute approximate surface area is 164 Å². The van der Waals surface area contributed by atoms with Gasteiger partial charge in [0.05, 0.1) is 11.6 Å². The molecule has 0 spiro atoms. The summed E-state index contributed by atoms with van der Waals surface area (Å²) in [6, 6.07) is 15.2. The van der Waals surface area contributed by atoms with Gasteiger partial charge in [-0.05, 0) is 61.4 Å². The molecule has 28 heavy (non-hydrogen) atoms. The number of benzene rings is 2. The molecule has 1 aliphatic rings. The van der Waals surface area contributed by atoms with E-state index in [9.17, 15) is 4.79 Å². The lowest BCUT2D eigenvalue weighted by Crippen LogP contribution is -2.41. The summed E-state index contributed by atoms with van der Waals surface area (Å²) in [6.45, 7) is 5.34.